The Morgan fingerprint density at radius 2 is 1.80 bits per heavy atom. The predicted octanol–water partition coefficient (Wildman–Crippen LogP) is 4.06. The van der Waals surface area contributed by atoms with E-state index in [1.165, 1.54) is 37.0 Å². The van der Waals surface area contributed by atoms with Crippen LogP contribution >= 0.6 is 15.9 Å². The second kappa shape index (κ2) is 9.13. The SMILES string of the molecule is COc1c(O)cc(/C=C/C(=O)OCCCc2ccc(Br)cc2)cc1O. The number of esters is 1. The summed E-state index contributed by atoms with van der Waals surface area (Å²) in [5.41, 5.74) is 1.64. The lowest BCUT2D eigenvalue weighted by Crippen LogP contribution is -2.03. The quantitative estimate of drug-likeness (QED) is 0.411. The number of methoxy groups -OCH3 is 1. The minimum atomic E-state index is -0.481. The Morgan fingerprint density at radius 3 is 2.40 bits per heavy atom. The largest absolute Gasteiger partial charge is 0.504 e. The molecule has 0 aliphatic carbocycles. The van der Waals surface area contributed by atoms with Gasteiger partial charge in [-0.05, 0) is 54.3 Å². The molecule has 0 aliphatic heterocycles. The van der Waals surface area contributed by atoms with Crippen molar-refractivity contribution in [2.24, 2.45) is 0 Å². The minimum Gasteiger partial charge on any atom is -0.504 e. The normalized spacial score (nSPS) is 10.8. The van der Waals surface area contributed by atoms with Crippen molar-refractivity contribution >= 4 is 28.0 Å². The maximum absolute atomic E-state index is 11.7. The number of ether oxygens (including phenoxy) is 2. The number of aromatic hydroxyl groups is 2. The number of benzene rings is 2. The highest BCUT2D eigenvalue weighted by atomic mass is 79.9. The Morgan fingerprint density at radius 1 is 1.16 bits per heavy atom. The molecule has 0 heterocycles. The van der Waals surface area contributed by atoms with Crippen LogP contribution in [0.3, 0.4) is 0 Å². The van der Waals surface area contributed by atoms with Gasteiger partial charge in [0, 0.05) is 10.5 Å². The molecule has 2 N–H and O–H groups in total. The van der Waals surface area contributed by atoms with E-state index in [2.05, 4.69) is 15.9 Å². The van der Waals surface area contributed by atoms with Crippen LogP contribution in [-0.2, 0) is 16.0 Å². The van der Waals surface area contributed by atoms with Gasteiger partial charge in [-0.3, -0.25) is 0 Å². The Bertz CT molecular complexity index is 730. The van der Waals surface area contributed by atoms with Crippen LogP contribution in [0.2, 0.25) is 0 Å². The van der Waals surface area contributed by atoms with Crippen LogP contribution in [0.5, 0.6) is 17.2 Å². The number of aryl methyl sites for hydroxylation is 1. The van der Waals surface area contributed by atoms with Gasteiger partial charge in [0.2, 0.25) is 5.75 Å². The fourth-order valence-electron chi connectivity index (χ4n) is 2.24. The van der Waals surface area contributed by atoms with E-state index >= 15 is 0 Å². The Balaban J connectivity index is 1.80. The van der Waals surface area contributed by atoms with Gasteiger partial charge in [-0.25, -0.2) is 4.79 Å². The molecule has 132 valence electrons. The molecule has 6 heteroatoms. The van der Waals surface area contributed by atoms with Gasteiger partial charge in [0.1, 0.15) is 0 Å². The molecule has 2 aromatic rings. The highest BCUT2D eigenvalue weighted by Gasteiger charge is 2.09. The van der Waals surface area contributed by atoms with Gasteiger partial charge in [0.25, 0.3) is 0 Å². The lowest BCUT2D eigenvalue weighted by atomic mass is 10.1. The van der Waals surface area contributed by atoms with E-state index in [9.17, 15) is 15.0 Å². The van der Waals surface area contributed by atoms with Crippen LogP contribution in [0, 0.1) is 0 Å². The number of phenols is 2. The third-order valence-electron chi connectivity index (χ3n) is 3.46. The van der Waals surface area contributed by atoms with Crippen LogP contribution in [0.25, 0.3) is 6.08 Å². The molecule has 0 saturated carbocycles. The Hall–Kier alpha value is -2.47. The Labute approximate surface area is 154 Å². The van der Waals surface area contributed by atoms with Gasteiger partial charge < -0.3 is 19.7 Å². The van der Waals surface area contributed by atoms with Crippen molar-refractivity contribution in [3.05, 3.63) is 58.1 Å². The van der Waals surface area contributed by atoms with E-state index in [1.54, 1.807) is 0 Å². The Kier molecular flexibility index (Phi) is 6.89. The molecule has 0 saturated heterocycles. The molecule has 25 heavy (non-hydrogen) atoms. The molecular formula is C19H19BrO5. The van der Waals surface area contributed by atoms with Crippen LogP contribution in [0.4, 0.5) is 0 Å². The second-order valence-corrected chi connectivity index (χ2v) is 6.24. The molecule has 0 atom stereocenters. The topological polar surface area (TPSA) is 76.0 Å². The third-order valence-corrected chi connectivity index (χ3v) is 3.98. The summed E-state index contributed by atoms with van der Waals surface area (Å²) in [4.78, 5) is 11.7. The first-order valence-corrected chi connectivity index (χ1v) is 8.48. The van der Waals surface area contributed by atoms with E-state index < -0.39 is 5.97 Å². The van der Waals surface area contributed by atoms with E-state index in [0.717, 1.165) is 17.3 Å². The van der Waals surface area contributed by atoms with Crippen LogP contribution in [0.1, 0.15) is 17.5 Å². The zero-order valence-electron chi connectivity index (χ0n) is 13.7. The highest BCUT2D eigenvalue weighted by molar-refractivity contribution is 9.10. The van der Waals surface area contributed by atoms with Crippen LogP contribution in [-0.4, -0.2) is 29.9 Å². The predicted molar refractivity (Wildman–Crippen MR) is 98.8 cm³/mol. The molecule has 0 amide bonds. The number of halogens is 1. The van der Waals surface area contributed by atoms with Crippen molar-refractivity contribution in [1.82, 2.24) is 0 Å². The summed E-state index contributed by atoms with van der Waals surface area (Å²) in [6.45, 7) is 0.318. The van der Waals surface area contributed by atoms with Crippen molar-refractivity contribution in [3.63, 3.8) is 0 Å². The van der Waals surface area contributed by atoms with Gasteiger partial charge in [-0.1, -0.05) is 28.1 Å². The highest BCUT2D eigenvalue weighted by Crippen LogP contribution is 2.36. The van der Waals surface area contributed by atoms with E-state index in [1.807, 2.05) is 24.3 Å². The fourth-order valence-corrected chi connectivity index (χ4v) is 2.50. The molecular weight excluding hydrogens is 388 g/mol. The third kappa shape index (κ3) is 5.83. The monoisotopic (exact) mass is 406 g/mol. The van der Waals surface area contributed by atoms with Crippen LogP contribution in [0.15, 0.2) is 46.9 Å². The summed E-state index contributed by atoms with van der Waals surface area (Å²) in [5.74, 6) is -0.895. The zero-order valence-corrected chi connectivity index (χ0v) is 15.3. The fraction of sp³-hybridized carbons (Fsp3) is 0.211. The summed E-state index contributed by atoms with van der Waals surface area (Å²) in [6.07, 6.45) is 4.26. The molecule has 2 aromatic carbocycles. The molecule has 0 unspecified atom stereocenters. The van der Waals surface area contributed by atoms with Gasteiger partial charge in [0.15, 0.2) is 11.5 Å². The van der Waals surface area contributed by atoms with Gasteiger partial charge in [-0.2, -0.15) is 0 Å². The number of hydrogen-bond acceptors (Lipinski definition) is 5. The average Bonchev–Trinajstić information content (AvgIpc) is 2.58. The molecule has 0 fully saturated rings. The molecule has 0 aliphatic rings. The van der Waals surface area contributed by atoms with Crippen molar-refractivity contribution in [2.75, 3.05) is 13.7 Å². The second-order valence-electron chi connectivity index (χ2n) is 5.32. The van der Waals surface area contributed by atoms with Crippen molar-refractivity contribution in [2.45, 2.75) is 12.8 Å². The van der Waals surface area contributed by atoms with Crippen molar-refractivity contribution in [1.29, 1.82) is 0 Å². The molecule has 2 rings (SSSR count). The maximum atomic E-state index is 11.7. The van der Waals surface area contributed by atoms with Crippen LogP contribution < -0.4 is 4.74 Å². The first kappa shape index (κ1) is 18.9. The number of phenolic OH excluding ortho intramolecular Hbond substituents is 2. The maximum Gasteiger partial charge on any atom is 0.330 e. The van der Waals surface area contributed by atoms with Gasteiger partial charge >= 0.3 is 5.97 Å². The summed E-state index contributed by atoms with van der Waals surface area (Å²) < 4.78 is 11.0. The van der Waals surface area contributed by atoms with Gasteiger partial charge in [0.05, 0.1) is 13.7 Å². The van der Waals surface area contributed by atoms with Gasteiger partial charge in [-0.15, -0.1) is 0 Å². The molecule has 0 spiro atoms. The lowest BCUT2D eigenvalue weighted by Gasteiger charge is -2.06. The number of rotatable bonds is 7. The molecule has 0 radical (unpaired) electrons. The van der Waals surface area contributed by atoms with E-state index in [-0.39, 0.29) is 17.2 Å². The lowest BCUT2D eigenvalue weighted by molar-refractivity contribution is -0.137. The summed E-state index contributed by atoms with van der Waals surface area (Å²) in [7, 11) is 1.34. The summed E-state index contributed by atoms with van der Waals surface area (Å²) in [6, 6.07) is 10.8. The summed E-state index contributed by atoms with van der Waals surface area (Å²) in [5, 5.41) is 19.4. The van der Waals surface area contributed by atoms with Crippen molar-refractivity contribution in [3.8, 4) is 17.2 Å². The average molecular weight is 407 g/mol. The number of carbonyl (C=O) groups excluding carboxylic acids is 1. The molecule has 5 nitrogen and oxygen atoms in total. The molecule has 0 bridgehead atoms. The van der Waals surface area contributed by atoms with E-state index in [0.29, 0.717) is 12.2 Å². The first-order valence-electron chi connectivity index (χ1n) is 7.69. The van der Waals surface area contributed by atoms with Crippen molar-refractivity contribution < 1.29 is 24.5 Å². The molecule has 0 aromatic heterocycles. The first-order chi connectivity index (χ1) is 12.0. The van der Waals surface area contributed by atoms with E-state index in [4.69, 9.17) is 9.47 Å². The zero-order chi connectivity index (χ0) is 18.2. The number of hydrogen-bond donors (Lipinski definition) is 2. The minimum absolute atomic E-state index is 0.00679. The smallest absolute Gasteiger partial charge is 0.330 e. The number of carbonyl (C=O) groups is 1. The summed E-state index contributed by atoms with van der Waals surface area (Å²) >= 11 is 3.38. The standard InChI is InChI=1S/C19H19BrO5/c1-24-19-16(21)11-14(12-17(19)22)6-9-18(23)25-10-2-3-13-4-7-15(20)8-5-13/h4-9,11-12,21-22H,2-3,10H2,1H3/b9-6+.